The molecule has 1 unspecified atom stereocenters. The highest BCUT2D eigenvalue weighted by molar-refractivity contribution is 7.72. The van der Waals surface area contributed by atoms with Gasteiger partial charge in [0.15, 0.2) is 0 Å². The second-order valence-electron chi connectivity index (χ2n) is 2.38. The van der Waals surface area contributed by atoms with E-state index in [9.17, 15) is 9.13 Å². The monoisotopic (exact) mass is 202 g/mol. The lowest BCUT2D eigenvalue weighted by Crippen LogP contribution is -1.94. The van der Waals surface area contributed by atoms with E-state index in [1.165, 1.54) is 0 Å². The molecule has 5 nitrogen and oxygen atoms in total. The normalized spacial score (nSPS) is 17.8. The Morgan fingerprint density at radius 3 is 1.91 bits per heavy atom. The molecule has 11 heavy (non-hydrogen) atoms. The summed E-state index contributed by atoms with van der Waals surface area (Å²) in [5, 5.41) is 0. The molecule has 0 aromatic carbocycles. The van der Waals surface area contributed by atoms with Crippen LogP contribution in [0.2, 0.25) is 0 Å². The molecule has 0 aromatic rings. The third kappa shape index (κ3) is 6.73. The lowest BCUT2D eigenvalue weighted by molar-refractivity contribution is 0.376. The molecule has 68 valence electrons. The van der Waals surface area contributed by atoms with E-state index in [1.54, 1.807) is 6.92 Å². The molecule has 0 bridgehead atoms. The van der Waals surface area contributed by atoms with Crippen LogP contribution in [0.25, 0.3) is 0 Å². The van der Waals surface area contributed by atoms with Crippen molar-refractivity contribution in [2.45, 2.75) is 13.3 Å². The maximum atomic E-state index is 10.9. The molecule has 7 heteroatoms. The maximum absolute atomic E-state index is 10.9. The molecular formula is C4H12O5P2. The molecule has 0 amide bonds. The molecule has 0 aliphatic rings. The fourth-order valence-corrected chi connectivity index (χ4v) is 4.28. The van der Waals surface area contributed by atoms with E-state index >= 15 is 0 Å². The summed E-state index contributed by atoms with van der Waals surface area (Å²) in [5.41, 5.74) is 0. The van der Waals surface area contributed by atoms with Gasteiger partial charge < -0.3 is 14.7 Å². The summed E-state index contributed by atoms with van der Waals surface area (Å²) in [6.07, 6.45) is 0.423. The van der Waals surface area contributed by atoms with Gasteiger partial charge >= 0.3 is 7.60 Å². The van der Waals surface area contributed by atoms with Crippen LogP contribution in [0.3, 0.4) is 0 Å². The van der Waals surface area contributed by atoms with Crippen molar-refractivity contribution in [1.82, 2.24) is 0 Å². The van der Waals surface area contributed by atoms with E-state index in [4.69, 9.17) is 14.7 Å². The van der Waals surface area contributed by atoms with E-state index in [1.807, 2.05) is 0 Å². The summed E-state index contributed by atoms with van der Waals surface area (Å²) in [7, 11) is -7.91. The van der Waals surface area contributed by atoms with Crippen LogP contribution >= 0.6 is 15.0 Å². The Bertz CT molecular complexity index is 207. The van der Waals surface area contributed by atoms with Crippen molar-refractivity contribution >= 4 is 15.0 Å². The van der Waals surface area contributed by atoms with Crippen molar-refractivity contribution in [3.05, 3.63) is 0 Å². The molecule has 0 radical (unpaired) electrons. The summed E-state index contributed by atoms with van der Waals surface area (Å²) in [6, 6.07) is 0. The zero-order chi connectivity index (χ0) is 9.12. The van der Waals surface area contributed by atoms with Crippen molar-refractivity contribution in [3.63, 3.8) is 0 Å². The van der Waals surface area contributed by atoms with Crippen LogP contribution in [0.15, 0.2) is 0 Å². The molecular weight excluding hydrogens is 190 g/mol. The highest BCUT2D eigenvalue weighted by Crippen LogP contribution is 2.54. The highest BCUT2D eigenvalue weighted by atomic mass is 31.2. The first-order valence-electron chi connectivity index (χ1n) is 3.12. The van der Waals surface area contributed by atoms with Crippen LogP contribution in [0, 0.1) is 0 Å². The third-order valence-electron chi connectivity index (χ3n) is 0.978. The average Bonchev–Trinajstić information content (AvgIpc) is 1.55. The lowest BCUT2D eigenvalue weighted by Gasteiger charge is -2.10. The third-order valence-corrected chi connectivity index (χ3v) is 5.37. The highest BCUT2D eigenvalue weighted by Gasteiger charge is 2.28. The van der Waals surface area contributed by atoms with E-state index in [0.717, 1.165) is 0 Å². The summed E-state index contributed by atoms with van der Waals surface area (Å²) in [4.78, 5) is 25.6. The molecule has 0 heterocycles. The van der Waals surface area contributed by atoms with Gasteiger partial charge in [-0.15, -0.1) is 0 Å². The molecule has 0 spiro atoms. The van der Waals surface area contributed by atoms with Gasteiger partial charge in [-0.25, -0.2) is 0 Å². The maximum Gasteiger partial charge on any atom is 0.335 e. The minimum Gasteiger partial charge on any atom is -0.344 e. The standard InChI is InChI=1S/C4H12O5P2/c1-2-3-10(5,6)4-11(7,8)9/h2-4H2,1H3,(H,5,6)(H2,7,8,9). The van der Waals surface area contributed by atoms with Gasteiger partial charge in [-0.3, -0.25) is 9.13 Å². The van der Waals surface area contributed by atoms with Crippen LogP contribution in [-0.2, 0) is 9.13 Å². The quantitative estimate of drug-likeness (QED) is 0.586. The zero-order valence-electron chi connectivity index (χ0n) is 6.17. The average molecular weight is 202 g/mol. The van der Waals surface area contributed by atoms with Crippen molar-refractivity contribution in [2.75, 3.05) is 12.1 Å². The van der Waals surface area contributed by atoms with Crippen LogP contribution in [0.4, 0.5) is 0 Å². The first-order valence-corrected chi connectivity index (χ1v) is 6.95. The van der Waals surface area contributed by atoms with Gasteiger partial charge in [0.2, 0.25) is 7.37 Å². The molecule has 0 fully saturated rings. The van der Waals surface area contributed by atoms with Crippen molar-refractivity contribution in [3.8, 4) is 0 Å². The Balaban J connectivity index is 4.14. The molecule has 1 atom stereocenters. The van der Waals surface area contributed by atoms with Crippen LogP contribution in [0.5, 0.6) is 0 Å². The van der Waals surface area contributed by atoms with Crippen LogP contribution in [-0.4, -0.2) is 26.7 Å². The Morgan fingerprint density at radius 1 is 1.18 bits per heavy atom. The summed E-state index contributed by atoms with van der Waals surface area (Å²) < 4.78 is 21.2. The minimum absolute atomic E-state index is 0.0297. The van der Waals surface area contributed by atoms with Crippen molar-refractivity contribution < 1.29 is 23.8 Å². The molecule has 0 aliphatic heterocycles. The topological polar surface area (TPSA) is 94.8 Å². The van der Waals surface area contributed by atoms with Gasteiger partial charge in [0.25, 0.3) is 0 Å². The van der Waals surface area contributed by atoms with E-state index < -0.39 is 20.9 Å². The second-order valence-corrected chi connectivity index (χ2v) is 6.98. The molecule has 0 aromatic heterocycles. The zero-order valence-corrected chi connectivity index (χ0v) is 7.96. The summed E-state index contributed by atoms with van der Waals surface area (Å²) in [6.45, 7) is 1.68. The van der Waals surface area contributed by atoms with Crippen molar-refractivity contribution in [2.24, 2.45) is 0 Å². The van der Waals surface area contributed by atoms with Gasteiger partial charge in [0.1, 0.15) is 5.90 Å². The van der Waals surface area contributed by atoms with Gasteiger partial charge in [-0.05, 0) is 6.42 Å². The first kappa shape index (κ1) is 11.3. The van der Waals surface area contributed by atoms with Crippen LogP contribution in [0.1, 0.15) is 13.3 Å². The Kier molecular flexibility index (Phi) is 3.95. The first-order chi connectivity index (χ1) is 4.77. The molecule has 0 saturated carbocycles. The summed E-state index contributed by atoms with van der Waals surface area (Å²) in [5.74, 6) is -0.895. The van der Waals surface area contributed by atoms with E-state index in [0.29, 0.717) is 6.42 Å². The van der Waals surface area contributed by atoms with Gasteiger partial charge in [-0.2, -0.15) is 0 Å². The fourth-order valence-electron chi connectivity index (χ4n) is 0.708. The van der Waals surface area contributed by atoms with Gasteiger partial charge in [0.05, 0.1) is 0 Å². The Hall–Kier alpha value is 0.340. The lowest BCUT2D eigenvalue weighted by atomic mass is 10.6. The summed E-state index contributed by atoms with van der Waals surface area (Å²) >= 11 is 0. The molecule has 0 rings (SSSR count). The smallest absolute Gasteiger partial charge is 0.335 e. The Morgan fingerprint density at radius 2 is 1.64 bits per heavy atom. The Labute approximate surface area is 65.1 Å². The molecule has 0 saturated heterocycles. The minimum atomic E-state index is -4.33. The van der Waals surface area contributed by atoms with Gasteiger partial charge in [-0.1, -0.05) is 6.92 Å². The SMILES string of the molecule is CCCP(=O)(O)CP(=O)(O)O. The van der Waals surface area contributed by atoms with E-state index in [-0.39, 0.29) is 6.16 Å². The van der Waals surface area contributed by atoms with Crippen LogP contribution < -0.4 is 0 Å². The predicted molar refractivity (Wildman–Crippen MR) is 41.9 cm³/mol. The number of hydrogen-bond donors (Lipinski definition) is 3. The number of rotatable bonds is 4. The predicted octanol–water partition coefficient (Wildman–Crippen LogP) is 0.802. The van der Waals surface area contributed by atoms with Crippen molar-refractivity contribution in [1.29, 1.82) is 0 Å². The van der Waals surface area contributed by atoms with Gasteiger partial charge in [0, 0.05) is 6.16 Å². The van der Waals surface area contributed by atoms with E-state index in [2.05, 4.69) is 0 Å². The molecule has 0 aliphatic carbocycles. The largest absolute Gasteiger partial charge is 0.344 e. The molecule has 3 N–H and O–H groups in total. The number of hydrogen-bond acceptors (Lipinski definition) is 2. The second kappa shape index (κ2) is 3.83. The fraction of sp³-hybridized carbons (Fsp3) is 1.00.